The Morgan fingerprint density at radius 3 is 2.44 bits per heavy atom. The quantitative estimate of drug-likeness (QED) is 0.829. The lowest BCUT2D eigenvalue weighted by molar-refractivity contribution is -0.364. The van der Waals surface area contributed by atoms with Gasteiger partial charge in [0.05, 0.1) is 25.2 Å². The molecule has 6 nitrogen and oxygen atoms in total. The molecule has 1 aromatic heterocycles. The summed E-state index contributed by atoms with van der Waals surface area (Å²) in [6, 6.07) is 13.9. The van der Waals surface area contributed by atoms with Crippen molar-refractivity contribution in [2.75, 3.05) is 42.5 Å². The highest BCUT2D eigenvalue weighted by molar-refractivity contribution is 6.00. The highest BCUT2D eigenvalue weighted by atomic mass is 16.2. The van der Waals surface area contributed by atoms with Crippen molar-refractivity contribution in [3.63, 3.8) is 0 Å². The Balaban J connectivity index is 1.36. The van der Waals surface area contributed by atoms with Crippen molar-refractivity contribution in [3.8, 4) is 0 Å². The molecule has 0 saturated carbocycles. The Kier molecular flexibility index (Phi) is 4.79. The topological polar surface area (TPSA) is 58.0 Å². The summed E-state index contributed by atoms with van der Waals surface area (Å²) in [5.41, 5.74) is 2.04. The van der Waals surface area contributed by atoms with Gasteiger partial charge in [0.15, 0.2) is 0 Å². The van der Waals surface area contributed by atoms with Crippen molar-refractivity contribution in [3.05, 3.63) is 54.2 Å². The van der Waals surface area contributed by atoms with Crippen molar-refractivity contribution in [2.45, 2.75) is 13.3 Å². The van der Waals surface area contributed by atoms with Gasteiger partial charge >= 0.3 is 0 Å². The number of rotatable bonds is 3. The molecular weight excluding hydrogens is 340 g/mol. The van der Waals surface area contributed by atoms with E-state index in [1.54, 1.807) is 4.90 Å². The van der Waals surface area contributed by atoms with Crippen LogP contribution in [0.2, 0.25) is 0 Å². The largest absolute Gasteiger partial charge is 0.335 e. The second-order valence-corrected chi connectivity index (χ2v) is 7.30. The fourth-order valence-corrected chi connectivity index (χ4v) is 3.85. The van der Waals surface area contributed by atoms with Gasteiger partial charge in [0, 0.05) is 24.7 Å². The number of nitrogens with one attached hydrogen (secondary N) is 1. The van der Waals surface area contributed by atoms with Crippen LogP contribution in [0, 0.1) is 12.8 Å². The summed E-state index contributed by atoms with van der Waals surface area (Å²) in [5, 5.41) is 0. The highest BCUT2D eigenvalue weighted by Gasteiger charge is 2.38. The van der Waals surface area contributed by atoms with Crippen LogP contribution >= 0.6 is 0 Å². The minimum atomic E-state index is -0.242. The summed E-state index contributed by atoms with van der Waals surface area (Å²) in [4.78, 5) is 34.5. The maximum Gasteiger partial charge on any atom is 0.274 e. The van der Waals surface area contributed by atoms with E-state index in [0.717, 1.165) is 30.2 Å². The van der Waals surface area contributed by atoms with Crippen molar-refractivity contribution in [2.24, 2.45) is 5.92 Å². The normalized spacial score (nSPS) is 20.3. The zero-order chi connectivity index (χ0) is 18.8. The average Bonchev–Trinajstić information content (AvgIpc) is 3.10. The summed E-state index contributed by atoms with van der Waals surface area (Å²) in [6.45, 7) is 5.49. The first-order valence-corrected chi connectivity index (χ1v) is 9.49. The molecule has 3 heterocycles. The molecule has 0 aliphatic carbocycles. The third-order valence-corrected chi connectivity index (χ3v) is 5.44. The maximum absolute atomic E-state index is 12.9. The van der Waals surface area contributed by atoms with Gasteiger partial charge in [-0.1, -0.05) is 23.8 Å². The summed E-state index contributed by atoms with van der Waals surface area (Å²) in [6.07, 6.45) is 2.22. The molecule has 2 aliphatic heterocycles. The van der Waals surface area contributed by atoms with E-state index >= 15 is 0 Å². The maximum atomic E-state index is 12.9. The third kappa shape index (κ3) is 3.65. The number of benzene rings is 1. The molecule has 1 aromatic carbocycles. The van der Waals surface area contributed by atoms with Crippen LogP contribution in [0.3, 0.4) is 0 Å². The number of hydrogen-bond acceptors (Lipinski definition) is 3. The zero-order valence-electron chi connectivity index (χ0n) is 15.6. The fourth-order valence-electron chi connectivity index (χ4n) is 3.85. The van der Waals surface area contributed by atoms with Crippen LogP contribution in [0.15, 0.2) is 48.7 Å². The Hall–Kier alpha value is -2.89. The first kappa shape index (κ1) is 17.5. The summed E-state index contributed by atoms with van der Waals surface area (Å²) < 4.78 is 0. The number of carbonyl (C=O) groups excluding carboxylic acids is 2. The fraction of sp³-hybridized carbons (Fsp3) is 0.381. The molecule has 2 fully saturated rings. The van der Waals surface area contributed by atoms with Gasteiger partial charge < -0.3 is 9.80 Å². The number of aryl methyl sites for hydroxylation is 1. The molecule has 0 spiro atoms. The molecule has 140 valence electrons. The van der Waals surface area contributed by atoms with E-state index in [1.807, 2.05) is 60.5 Å². The molecule has 0 radical (unpaired) electrons. The molecule has 2 aliphatic rings. The van der Waals surface area contributed by atoms with E-state index in [2.05, 4.69) is 9.88 Å². The van der Waals surface area contributed by atoms with Crippen LogP contribution in [-0.2, 0) is 9.59 Å². The van der Waals surface area contributed by atoms with Crippen LogP contribution in [0.25, 0.3) is 0 Å². The molecular formula is C21H25N4O2+. The number of aromatic amines is 1. The Bertz CT molecular complexity index is 814. The molecule has 0 unspecified atom stereocenters. The van der Waals surface area contributed by atoms with Crippen LogP contribution < -0.4 is 14.8 Å². The number of hydrogen-bond donors (Lipinski definition) is 0. The molecule has 4 rings (SSSR count). The second kappa shape index (κ2) is 7.39. The Morgan fingerprint density at radius 1 is 1.04 bits per heavy atom. The lowest BCUT2D eigenvalue weighted by Gasteiger charge is -2.32. The number of nitrogens with zero attached hydrogens (tertiary/aromatic N) is 3. The lowest BCUT2D eigenvalue weighted by atomic mass is 10.1. The molecule has 2 saturated heterocycles. The molecule has 0 bridgehead atoms. The molecule has 1 N–H and O–H groups in total. The van der Waals surface area contributed by atoms with Gasteiger partial charge in [0.25, 0.3) is 5.82 Å². The van der Waals surface area contributed by atoms with Gasteiger partial charge in [0.1, 0.15) is 13.1 Å². The van der Waals surface area contributed by atoms with Crippen molar-refractivity contribution < 1.29 is 14.6 Å². The van der Waals surface area contributed by atoms with E-state index in [4.69, 9.17) is 0 Å². The van der Waals surface area contributed by atoms with Gasteiger partial charge in [-0.2, -0.15) is 0 Å². The molecule has 2 aromatic rings. The van der Waals surface area contributed by atoms with Crippen molar-refractivity contribution in [1.82, 2.24) is 4.90 Å². The Labute approximate surface area is 159 Å². The first-order chi connectivity index (χ1) is 13.1. The molecule has 2 amide bonds. The minimum Gasteiger partial charge on any atom is -0.335 e. The zero-order valence-corrected chi connectivity index (χ0v) is 15.6. The summed E-state index contributed by atoms with van der Waals surface area (Å²) >= 11 is 0. The first-order valence-electron chi connectivity index (χ1n) is 9.49. The van der Waals surface area contributed by atoms with E-state index < -0.39 is 0 Å². The smallest absolute Gasteiger partial charge is 0.274 e. The number of anilines is 2. The minimum absolute atomic E-state index is 0.0368. The number of aromatic nitrogens is 1. The average molecular weight is 365 g/mol. The van der Waals surface area contributed by atoms with Crippen LogP contribution in [-0.4, -0.2) is 49.4 Å². The summed E-state index contributed by atoms with van der Waals surface area (Å²) in [7, 11) is 0. The van der Waals surface area contributed by atoms with Crippen molar-refractivity contribution >= 4 is 23.3 Å². The van der Waals surface area contributed by atoms with E-state index in [0.29, 0.717) is 26.1 Å². The monoisotopic (exact) mass is 365 g/mol. The van der Waals surface area contributed by atoms with Gasteiger partial charge in [-0.25, -0.2) is 4.98 Å². The third-order valence-electron chi connectivity index (χ3n) is 5.44. The summed E-state index contributed by atoms with van der Waals surface area (Å²) in [5.74, 6) is 0.976. The van der Waals surface area contributed by atoms with Crippen LogP contribution in [0.5, 0.6) is 0 Å². The van der Waals surface area contributed by atoms with Gasteiger partial charge in [-0.3, -0.25) is 14.5 Å². The lowest BCUT2D eigenvalue weighted by Crippen LogP contribution is -2.51. The Morgan fingerprint density at radius 2 is 1.78 bits per heavy atom. The van der Waals surface area contributed by atoms with Gasteiger partial charge in [-0.15, -0.1) is 0 Å². The van der Waals surface area contributed by atoms with Crippen LogP contribution in [0.4, 0.5) is 11.5 Å². The number of carbonyl (C=O) groups is 2. The molecule has 6 heteroatoms. The van der Waals surface area contributed by atoms with Gasteiger partial charge in [0.2, 0.25) is 11.8 Å². The second-order valence-electron chi connectivity index (χ2n) is 7.30. The molecule has 27 heavy (non-hydrogen) atoms. The number of piperazine rings is 1. The number of H-pyrrole nitrogens is 1. The standard InChI is InChI=1S/C21H24N4O2/c1-16-5-7-18(8-6-16)25-15-17(14-20(25)26)21(27)24-12-10-23(11-13-24)19-4-2-3-9-22-19/h2-9,17H,10-15H2,1H3/p+1/t17-/m0/s1. The number of pyridine rings is 1. The van der Waals surface area contributed by atoms with Crippen molar-refractivity contribution in [1.29, 1.82) is 0 Å². The van der Waals surface area contributed by atoms with E-state index in [-0.39, 0.29) is 17.7 Å². The predicted molar refractivity (Wildman–Crippen MR) is 103 cm³/mol. The van der Waals surface area contributed by atoms with Crippen LogP contribution in [0.1, 0.15) is 12.0 Å². The number of amides is 2. The van der Waals surface area contributed by atoms with E-state index in [1.165, 1.54) is 0 Å². The van der Waals surface area contributed by atoms with Gasteiger partial charge in [-0.05, 0) is 25.1 Å². The van der Waals surface area contributed by atoms with E-state index in [9.17, 15) is 9.59 Å². The SMILES string of the molecule is Cc1ccc(N2C[C@@H](C(=O)N3CCN(c4cccc[nH+]4)CC3)CC2=O)cc1. The highest BCUT2D eigenvalue weighted by Crippen LogP contribution is 2.27. The molecule has 1 atom stereocenters. The predicted octanol–water partition coefficient (Wildman–Crippen LogP) is 1.51.